The summed E-state index contributed by atoms with van der Waals surface area (Å²) >= 11 is 0. The fourth-order valence-electron chi connectivity index (χ4n) is 6.28. The zero-order valence-corrected chi connectivity index (χ0v) is 24.9. The molecule has 5 rings (SSSR count). The van der Waals surface area contributed by atoms with Crippen LogP contribution in [0.25, 0.3) is 0 Å². The molecule has 0 unspecified atom stereocenters. The molecule has 0 spiro atoms. The van der Waals surface area contributed by atoms with Crippen molar-refractivity contribution in [3.8, 4) is 5.88 Å². The van der Waals surface area contributed by atoms with Gasteiger partial charge in [0.25, 0.3) is 5.91 Å². The maximum absolute atomic E-state index is 13.3. The summed E-state index contributed by atoms with van der Waals surface area (Å²) in [6.07, 6.45) is 5.17. The Bertz CT molecular complexity index is 1200. The van der Waals surface area contributed by atoms with E-state index in [-0.39, 0.29) is 29.7 Å². The number of rotatable bonds is 9. The highest BCUT2D eigenvalue weighted by Crippen LogP contribution is 2.30. The number of amides is 2. The number of nitrogens with two attached hydrogens (primary N) is 1. The predicted octanol–water partition coefficient (Wildman–Crippen LogP) is 3.24. The number of likely N-dealkylation sites (tertiary alicyclic amines) is 2. The van der Waals surface area contributed by atoms with Gasteiger partial charge in [-0.05, 0) is 56.9 Å². The molecule has 11 heteroatoms. The number of carbonyl (C=O) groups is 2. The van der Waals surface area contributed by atoms with Crippen LogP contribution in [0.2, 0.25) is 0 Å². The third kappa shape index (κ3) is 6.66. The number of hydrogen-bond acceptors (Lipinski definition) is 9. The second-order valence-electron chi connectivity index (χ2n) is 12.3. The van der Waals surface area contributed by atoms with Gasteiger partial charge in [-0.2, -0.15) is 4.98 Å². The van der Waals surface area contributed by atoms with Crippen LogP contribution in [0.1, 0.15) is 80.7 Å². The molecular weight excluding hydrogens is 522 g/mol. The lowest BCUT2D eigenvalue weighted by atomic mass is 9.84. The van der Waals surface area contributed by atoms with Crippen LogP contribution in [0.3, 0.4) is 0 Å². The first-order chi connectivity index (χ1) is 19.7. The summed E-state index contributed by atoms with van der Waals surface area (Å²) in [6, 6.07) is 3.84. The van der Waals surface area contributed by atoms with E-state index < -0.39 is 0 Å². The molecule has 3 saturated heterocycles. The zero-order valence-electron chi connectivity index (χ0n) is 24.9. The molecule has 0 aliphatic carbocycles. The van der Waals surface area contributed by atoms with Gasteiger partial charge in [-0.15, -0.1) is 0 Å². The number of aromatic nitrogens is 3. The van der Waals surface area contributed by atoms with Gasteiger partial charge < -0.3 is 29.7 Å². The molecule has 0 radical (unpaired) electrons. The Balaban J connectivity index is 1.07. The summed E-state index contributed by atoms with van der Waals surface area (Å²) < 4.78 is 11.5. The number of hydrogen-bond donors (Lipinski definition) is 1. The highest BCUT2D eigenvalue weighted by molar-refractivity contribution is 5.96. The van der Waals surface area contributed by atoms with Crippen LogP contribution in [0.5, 0.6) is 5.88 Å². The fourth-order valence-corrected chi connectivity index (χ4v) is 6.28. The largest absolute Gasteiger partial charge is 0.478 e. The average Bonchev–Trinajstić information content (AvgIpc) is 3.74. The normalized spacial score (nSPS) is 22.5. The Kier molecular flexibility index (Phi) is 9.11. The molecule has 0 aromatic carbocycles. The number of pyridine rings is 1. The van der Waals surface area contributed by atoms with Gasteiger partial charge in [0.2, 0.25) is 11.8 Å². The van der Waals surface area contributed by atoms with Gasteiger partial charge in [-0.25, -0.2) is 4.98 Å². The third-order valence-corrected chi connectivity index (χ3v) is 9.06. The molecule has 0 saturated carbocycles. The van der Waals surface area contributed by atoms with E-state index >= 15 is 0 Å². The smallest absolute Gasteiger partial charge is 0.324 e. The Morgan fingerprint density at radius 2 is 1.78 bits per heavy atom. The molecule has 5 heterocycles. The Hall–Kier alpha value is -3.21. The summed E-state index contributed by atoms with van der Waals surface area (Å²) in [6.45, 7) is 13.0. The van der Waals surface area contributed by atoms with Crippen LogP contribution in [0.15, 0.2) is 16.7 Å². The van der Waals surface area contributed by atoms with Crippen molar-refractivity contribution in [2.45, 2.75) is 71.8 Å². The predicted molar refractivity (Wildman–Crippen MR) is 155 cm³/mol. The molecule has 3 aliphatic rings. The number of nitrogens with zero attached hydrogens (tertiary/aromatic N) is 6. The standard InChI is InChI=1S/C30H45N7O4/c1-19(2)27-33-30(41-34-27)36-14-9-22(10-15-36)20(3)11-16-40-26-8-7-23(21(4)32-26)28(38)37-17-24(25(31)18-37)29(39)35-12-5-6-13-35/h7-8,19-20,22,24-25H,5-6,9-18,31H2,1-4H3/t20-,24-,25+/m1/s1. The maximum atomic E-state index is 13.3. The highest BCUT2D eigenvalue weighted by atomic mass is 16.5. The van der Waals surface area contributed by atoms with Crippen molar-refractivity contribution in [2.24, 2.45) is 23.5 Å². The van der Waals surface area contributed by atoms with Crippen molar-refractivity contribution in [3.05, 3.63) is 29.2 Å². The first kappa shape index (κ1) is 29.3. The van der Waals surface area contributed by atoms with Crippen LogP contribution in [0, 0.1) is 24.7 Å². The van der Waals surface area contributed by atoms with E-state index in [0.29, 0.717) is 54.7 Å². The van der Waals surface area contributed by atoms with Crippen molar-refractivity contribution >= 4 is 17.8 Å². The Morgan fingerprint density at radius 1 is 1.05 bits per heavy atom. The Labute approximate surface area is 242 Å². The third-order valence-electron chi connectivity index (χ3n) is 9.06. The molecule has 2 amide bonds. The van der Waals surface area contributed by atoms with E-state index in [4.69, 9.17) is 15.0 Å². The summed E-state index contributed by atoms with van der Waals surface area (Å²) in [4.78, 5) is 41.0. The number of aryl methyl sites for hydroxylation is 1. The van der Waals surface area contributed by atoms with Crippen molar-refractivity contribution in [1.29, 1.82) is 0 Å². The summed E-state index contributed by atoms with van der Waals surface area (Å²) in [7, 11) is 0. The highest BCUT2D eigenvalue weighted by Gasteiger charge is 2.40. The van der Waals surface area contributed by atoms with Gasteiger partial charge in [-0.3, -0.25) is 9.59 Å². The van der Waals surface area contributed by atoms with Crippen LogP contribution in [-0.2, 0) is 4.79 Å². The average molecular weight is 568 g/mol. The van der Waals surface area contributed by atoms with Crippen LogP contribution in [-0.4, -0.2) is 88.7 Å². The molecule has 11 nitrogen and oxygen atoms in total. The molecule has 224 valence electrons. The second kappa shape index (κ2) is 12.8. The first-order valence-corrected chi connectivity index (χ1v) is 15.2. The van der Waals surface area contributed by atoms with Gasteiger partial charge in [-0.1, -0.05) is 25.9 Å². The van der Waals surface area contributed by atoms with Gasteiger partial charge in [0, 0.05) is 57.3 Å². The lowest BCUT2D eigenvalue weighted by Gasteiger charge is -2.33. The molecule has 2 aromatic heterocycles. The lowest BCUT2D eigenvalue weighted by Crippen LogP contribution is -2.42. The molecule has 41 heavy (non-hydrogen) atoms. The van der Waals surface area contributed by atoms with E-state index in [0.717, 1.165) is 64.1 Å². The molecule has 3 fully saturated rings. The molecule has 2 N–H and O–H groups in total. The summed E-state index contributed by atoms with van der Waals surface area (Å²) in [5, 5.41) is 4.09. The van der Waals surface area contributed by atoms with Gasteiger partial charge in [0.1, 0.15) is 0 Å². The molecule has 2 aromatic rings. The maximum Gasteiger partial charge on any atom is 0.324 e. The van der Waals surface area contributed by atoms with E-state index in [2.05, 4.69) is 40.8 Å². The molecular formula is C30H45N7O4. The van der Waals surface area contributed by atoms with Crippen LogP contribution in [0.4, 0.5) is 6.01 Å². The zero-order chi connectivity index (χ0) is 29.1. The monoisotopic (exact) mass is 567 g/mol. The molecule has 3 aliphatic heterocycles. The summed E-state index contributed by atoms with van der Waals surface area (Å²) in [5.41, 5.74) is 7.46. The van der Waals surface area contributed by atoms with Crippen molar-refractivity contribution in [3.63, 3.8) is 0 Å². The number of anilines is 1. The quantitative estimate of drug-likeness (QED) is 0.485. The minimum atomic E-state index is -0.339. The number of piperidine rings is 1. The van der Waals surface area contributed by atoms with E-state index in [9.17, 15) is 9.59 Å². The fraction of sp³-hybridized carbons (Fsp3) is 0.700. The number of carbonyl (C=O) groups excluding carboxylic acids is 2. The SMILES string of the molecule is Cc1nc(OCC[C@@H](C)C2CCN(c3nc(C(C)C)no3)CC2)ccc1C(=O)N1C[C@H](N)[C@H](C(=O)N2CCCC2)C1. The number of ether oxygens (including phenoxy) is 1. The van der Waals surface area contributed by atoms with Crippen molar-refractivity contribution in [1.82, 2.24) is 24.9 Å². The Morgan fingerprint density at radius 3 is 2.44 bits per heavy atom. The van der Waals surface area contributed by atoms with Crippen molar-refractivity contribution in [2.75, 3.05) is 50.8 Å². The minimum Gasteiger partial charge on any atom is -0.478 e. The molecule has 0 bridgehead atoms. The minimum absolute atomic E-state index is 0.0794. The van der Waals surface area contributed by atoms with Crippen LogP contribution >= 0.6 is 0 Å². The topological polar surface area (TPSA) is 131 Å². The van der Waals surface area contributed by atoms with Gasteiger partial charge >= 0.3 is 6.01 Å². The van der Waals surface area contributed by atoms with E-state index in [1.807, 2.05) is 11.8 Å². The van der Waals surface area contributed by atoms with E-state index in [1.54, 1.807) is 17.0 Å². The molecule has 3 atom stereocenters. The van der Waals surface area contributed by atoms with Crippen LogP contribution < -0.4 is 15.4 Å². The van der Waals surface area contributed by atoms with Gasteiger partial charge in [0.15, 0.2) is 5.82 Å². The van der Waals surface area contributed by atoms with Gasteiger partial charge in [0.05, 0.1) is 23.8 Å². The first-order valence-electron chi connectivity index (χ1n) is 15.2. The van der Waals surface area contributed by atoms with E-state index in [1.165, 1.54) is 0 Å². The lowest BCUT2D eigenvalue weighted by molar-refractivity contribution is -0.134. The summed E-state index contributed by atoms with van der Waals surface area (Å²) in [5.74, 6) is 2.29. The second-order valence-corrected chi connectivity index (χ2v) is 12.3. The van der Waals surface area contributed by atoms with Crippen molar-refractivity contribution < 1.29 is 18.8 Å².